The van der Waals surface area contributed by atoms with Crippen LogP contribution in [0, 0.1) is 5.41 Å². The number of aliphatic hydroxyl groups is 1. The van der Waals surface area contributed by atoms with Gasteiger partial charge >= 0.3 is 0 Å². The number of aliphatic hydroxyl groups excluding tert-OH is 1. The summed E-state index contributed by atoms with van der Waals surface area (Å²) >= 11 is 0. The standard InChI is InChI=1S/C13H22N2O/c1-13(2,3)8-12(10-16)15-9-11-4-6-14-7-5-11/h4-7,12,15-16H,8-10H2,1-3H3. The van der Waals surface area contributed by atoms with Crippen molar-refractivity contribution in [2.75, 3.05) is 6.61 Å². The van der Waals surface area contributed by atoms with Gasteiger partial charge < -0.3 is 10.4 Å². The lowest BCUT2D eigenvalue weighted by molar-refractivity contribution is 0.198. The Morgan fingerprint density at radius 1 is 1.31 bits per heavy atom. The summed E-state index contributed by atoms with van der Waals surface area (Å²) in [5.74, 6) is 0. The highest BCUT2D eigenvalue weighted by molar-refractivity contribution is 5.09. The minimum absolute atomic E-state index is 0.160. The zero-order valence-electron chi connectivity index (χ0n) is 10.4. The summed E-state index contributed by atoms with van der Waals surface area (Å²) in [5.41, 5.74) is 1.43. The van der Waals surface area contributed by atoms with Crippen molar-refractivity contribution >= 4 is 0 Å². The van der Waals surface area contributed by atoms with E-state index in [0.717, 1.165) is 13.0 Å². The van der Waals surface area contributed by atoms with Gasteiger partial charge in [-0.1, -0.05) is 20.8 Å². The topological polar surface area (TPSA) is 45.1 Å². The zero-order chi connectivity index (χ0) is 12.0. The van der Waals surface area contributed by atoms with Crippen molar-refractivity contribution in [3.8, 4) is 0 Å². The lowest BCUT2D eigenvalue weighted by Crippen LogP contribution is -2.35. The number of aromatic nitrogens is 1. The monoisotopic (exact) mass is 222 g/mol. The second kappa shape index (κ2) is 5.97. The summed E-state index contributed by atoms with van der Waals surface area (Å²) in [6, 6.07) is 4.13. The Morgan fingerprint density at radius 2 is 1.94 bits per heavy atom. The van der Waals surface area contributed by atoms with Gasteiger partial charge in [0.2, 0.25) is 0 Å². The average molecular weight is 222 g/mol. The van der Waals surface area contributed by atoms with E-state index in [9.17, 15) is 5.11 Å². The van der Waals surface area contributed by atoms with Gasteiger partial charge in [-0.05, 0) is 29.5 Å². The molecule has 1 rings (SSSR count). The van der Waals surface area contributed by atoms with Crippen molar-refractivity contribution in [3.05, 3.63) is 30.1 Å². The third-order valence-corrected chi connectivity index (χ3v) is 2.42. The Balaban J connectivity index is 2.40. The molecule has 1 heterocycles. The van der Waals surface area contributed by atoms with Crippen molar-refractivity contribution in [1.29, 1.82) is 0 Å². The van der Waals surface area contributed by atoms with Gasteiger partial charge in [0.15, 0.2) is 0 Å². The highest BCUT2D eigenvalue weighted by Crippen LogP contribution is 2.20. The Labute approximate surface area is 97.9 Å². The molecule has 3 nitrogen and oxygen atoms in total. The van der Waals surface area contributed by atoms with E-state index >= 15 is 0 Å². The number of hydrogen-bond acceptors (Lipinski definition) is 3. The van der Waals surface area contributed by atoms with E-state index in [0.29, 0.717) is 0 Å². The summed E-state index contributed by atoms with van der Waals surface area (Å²) in [6.45, 7) is 7.52. The molecule has 16 heavy (non-hydrogen) atoms. The van der Waals surface area contributed by atoms with Gasteiger partial charge in [-0.15, -0.1) is 0 Å². The second-order valence-corrected chi connectivity index (χ2v) is 5.38. The first kappa shape index (κ1) is 13.1. The molecule has 0 fully saturated rings. The lowest BCUT2D eigenvalue weighted by Gasteiger charge is -2.25. The molecular weight excluding hydrogens is 200 g/mol. The van der Waals surface area contributed by atoms with Crippen LogP contribution in [-0.4, -0.2) is 22.7 Å². The average Bonchev–Trinajstić information content (AvgIpc) is 2.24. The normalized spacial score (nSPS) is 13.8. The molecule has 0 saturated heterocycles. The summed E-state index contributed by atoms with van der Waals surface area (Å²) in [5, 5.41) is 12.7. The Bertz CT molecular complexity index is 293. The number of nitrogens with one attached hydrogen (secondary N) is 1. The molecule has 0 radical (unpaired) electrons. The van der Waals surface area contributed by atoms with Crippen molar-refractivity contribution in [2.45, 2.75) is 39.8 Å². The minimum atomic E-state index is 0.160. The van der Waals surface area contributed by atoms with Gasteiger partial charge in [0, 0.05) is 25.0 Å². The van der Waals surface area contributed by atoms with E-state index in [2.05, 4.69) is 31.1 Å². The van der Waals surface area contributed by atoms with Gasteiger partial charge in [-0.2, -0.15) is 0 Å². The maximum Gasteiger partial charge on any atom is 0.0584 e. The molecule has 0 aliphatic rings. The predicted molar refractivity (Wildman–Crippen MR) is 66.0 cm³/mol. The third-order valence-electron chi connectivity index (χ3n) is 2.42. The Hall–Kier alpha value is -0.930. The van der Waals surface area contributed by atoms with Gasteiger partial charge in [0.25, 0.3) is 0 Å². The quantitative estimate of drug-likeness (QED) is 0.800. The molecule has 1 aromatic rings. The molecular formula is C13H22N2O. The van der Waals surface area contributed by atoms with Gasteiger partial charge in [0.05, 0.1) is 6.61 Å². The van der Waals surface area contributed by atoms with Crippen molar-refractivity contribution in [3.63, 3.8) is 0 Å². The van der Waals surface area contributed by atoms with Crippen LogP contribution in [0.3, 0.4) is 0 Å². The van der Waals surface area contributed by atoms with Crippen LogP contribution in [0.2, 0.25) is 0 Å². The maximum absolute atomic E-state index is 9.29. The van der Waals surface area contributed by atoms with Gasteiger partial charge in [-0.25, -0.2) is 0 Å². The van der Waals surface area contributed by atoms with Crippen LogP contribution in [0.1, 0.15) is 32.8 Å². The van der Waals surface area contributed by atoms with Gasteiger partial charge in [-0.3, -0.25) is 4.98 Å². The molecule has 0 aliphatic carbocycles. The first-order valence-corrected chi connectivity index (χ1v) is 5.74. The molecule has 0 bridgehead atoms. The van der Waals surface area contributed by atoms with E-state index < -0.39 is 0 Å². The van der Waals surface area contributed by atoms with Crippen LogP contribution in [-0.2, 0) is 6.54 Å². The Kier molecular flexibility index (Phi) is 4.90. The van der Waals surface area contributed by atoms with Crippen LogP contribution in [0.5, 0.6) is 0 Å². The first-order valence-electron chi connectivity index (χ1n) is 5.74. The molecule has 3 heteroatoms. The molecule has 90 valence electrons. The summed E-state index contributed by atoms with van der Waals surface area (Å²) in [4.78, 5) is 3.97. The highest BCUT2D eigenvalue weighted by atomic mass is 16.3. The fraction of sp³-hybridized carbons (Fsp3) is 0.615. The van der Waals surface area contributed by atoms with E-state index in [1.807, 2.05) is 12.1 Å². The second-order valence-electron chi connectivity index (χ2n) is 5.38. The highest BCUT2D eigenvalue weighted by Gasteiger charge is 2.17. The lowest BCUT2D eigenvalue weighted by atomic mass is 9.88. The van der Waals surface area contributed by atoms with Crippen molar-refractivity contribution in [1.82, 2.24) is 10.3 Å². The molecule has 0 amide bonds. The molecule has 0 aromatic carbocycles. The largest absolute Gasteiger partial charge is 0.395 e. The Morgan fingerprint density at radius 3 is 2.44 bits per heavy atom. The van der Waals surface area contributed by atoms with Crippen LogP contribution in [0.25, 0.3) is 0 Å². The van der Waals surface area contributed by atoms with Crippen molar-refractivity contribution in [2.24, 2.45) is 5.41 Å². The van der Waals surface area contributed by atoms with E-state index in [4.69, 9.17) is 0 Å². The fourth-order valence-corrected chi connectivity index (χ4v) is 1.70. The van der Waals surface area contributed by atoms with E-state index in [1.54, 1.807) is 12.4 Å². The number of rotatable bonds is 5. The number of pyridine rings is 1. The van der Waals surface area contributed by atoms with E-state index in [1.165, 1.54) is 5.56 Å². The molecule has 0 spiro atoms. The summed E-state index contributed by atoms with van der Waals surface area (Å²) < 4.78 is 0. The van der Waals surface area contributed by atoms with Crippen LogP contribution in [0.15, 0.2) is 24.5 Å². The van der Waals surface area contributed by atoms with Crippen molar-refractivity contribution < 1.29 is 5.11 Å². The fourth-order valence-electron chi connectivity index (χ4n) is 1.70. The molecule has 0 aliphatic heterocycles. The number of hydrogen-bond donors (Lipinski definition) is 2. The SMILES string of the molecule is CC(C)(C)CC(CO)NCc1ccncc1. The molecule has 0 saturated carbocycles. The molecule has 1 aromatic heterocycles. The summed E-state index contributed by atoms with van der Waals surface area (Å²) in [7, 11) is 0. The predicted octanol–water partition coefficient (Wildman–Crippen LogP) is 1.97. The zero-order valence-corrected chi connectivity index (χ0v) is 10.4. The maximum atomic E-state index is 9.29. The van der Waals surface area contributed by atoms with E-state index in [-0.39, 0.29) is 18.1 Å². The molecule has 1 unspecified atom stereocenters. The van der Waals surface area contributed by atoms with Crippen LogP contribution in [0.4, 0.5) is 0 Å². The third kappa shape index (κ3) is 5.24. The number of nitrogens with zero attached hydrogens (tertiary/aromatic N) is 1. The molecule has 1 atom stereocenters. The van der Waals surface area contributed by atoms with Gasteiger partial charge in [0.1, 0.15) is 0 Å². The first-order chi connectivity index (χ1) is 7.51. The van der Waals surface area contributed by atoms with Crippen LogP contribution < -0.4 is 5.32 Å². The molecule has 2 N–H and O–H groups in total. The summed E-state index contributed by atoms with van der Waals surface area (Å²) in [6.07, 6.45) is 4.54. The smallest absolute Gasteiger partial charge is 0.0584 e. The minimum Gasteiger partial charge on any atom is -0.395 e. The van der Waals surface area contributed by atoms with Crippen LogP contribution >= 0.6 is 0 Å².